The molecule has 0 bridgehead atoms. The van der Waals surface area contributed by atoms with Crippen molar-refractivity contribution in [2.75, 3.05) is 0 Å². The molecule has 4 heteroatoms. The van der Waals surface area contributed by atoms with Gasteiger partial charge in [-0.3, -0.25) is 0 Å². The SMILES string of the molecule is [BaH2].[MgH2].[O]=[Ta]. The first kappa shape index (κ1) is 15.8. The summed E-state index contributed by atoms with van der Waals surface area (Å²) in [5.41, 5.74) is 0. The maximum atomic E-state index is 8.36. The molecule has 0 heterocycles. The van der Waals surface area contributed by atoms with Crippen LogP contribution in [-0.4, -0.2) is 71.9 Å². The Labute approximate surface area is 93.8 Å². The van der Waals surface area contributed by atoms with Gasteiger partial charge in [0.25, 0.3) is 0 Å². The molecule has 1 nitrogen and oxygen atoms in total. The summed E-state index contributed by atoms with van der Waals surface area (Å²) in [5.74, 6) is 0. The normalized spacial score (nSPS) is 0.750. The number of hydrogen-bond acceptors (Lipinski definition) is 1. The van der Waals surface area contributed by atoms with E-state index in [1.807, 2.05) is 0 Å². The summed E-state index contributed by atoms with van der Waals surface area (Å²) in [6, 6.07) is 0. The van der Waals surface area contributed by atoms with Crippen molar-refractivity contribution < 1.29 is 24.3 Å². The number of hydrogen-bond donors (Lipinski definition) is 0. The third kappa shape index (κ3) is 8.86. The Morgan fingerprint density at radius 2 is 1.25 bits per heavy atom. The van der Waals surface area contributed by atoms with Gasteiger partial charge in [-0.15, -0.1) is 0 Å². The molecule has 0 amide bonds. The Morgan fingerprint density at radius 1 is 1.25 bits per heavy atom. The van der Waals surface area contributed by atoms with Crippen molar-refractivity contribution in [2.45, 2.75) is 0 Å². The van der Waals surface area contributed by atoms with Crippen molar-refractivity contribution in [3.05, 3.63) is 0 Å². The molecule has 0 spiro atoms. The van der Waals surface area contributed by atoms with Crippen LogP contribution in [0.3, 0.4) is 0 Å². The molecule has 0 saturated carbocycles. The van der Waals surface area contributed by atoms with Crippen LogP contribution in [-0.2, 0) is 24.3 Å². The molecule has 0 saturated heterocycles. The summed E-state index contributed by atoms with van der Waals surface area (Å²) in [7, 11) is 0. The summed E-state index contributed by atoms with van der Waals surface area (Å²) in [6.07, 6.45) is 0. The third-order valence-electron chi connectivity index (χ3n) is 0. The monoisotopic (exact) mass is 363 g/mol. The third-order valence-corrected chi connectivity index (χ3v) is 0. The predicted molar refractivity (Wildman–Crippen MR) is 17.8 cm³/mol. The topological polar surface area (TPSA) is 17.1 Å². The molecule has 0 atom stereocenters. The first-order valence-electron chi connectivity index (χ1n) is 0.183. The standard InChI is InChI=1S/Ba.Mg.O.Ta.4H. The van der Waals surface area contributed by atoms with Gasteiger partial charge in [0.15, 0.2) is 0 Å². The molecule has 0 aliphatic carbocycles. The fourth-order valence-corrected chi connectivity index (χ4v) is 0. The Balaban J connectivity index is -0.00000000500. The van der Waals surface area contributed by atoms with Gasteiger partial charge in [0.1, 0.15) is 0 Å². The van der Waals surface area contributed by atoms with Crippen LogP contribution < -0.4 is 0 Å². The van der Waals surface area contributed by atoms with Crippen molar-refractivity contribution in [2.24, 2.45) is 0 Å². The summed E-state index contributed by atoms with van der Waals surface area (Å²) < 4.78 is 8.36. The van der Waals surface area contributed by atoms with E-state index in [4.69, 9.17) is 3.25 Å². The molecule has 0 aromatic rings. The molecule has 0 unspecified atom stereocenters. The van der Waals surface area contributed by atoms with E-state index >= 15 is 0 Å². The second-order valence-electron chi connectivity index (χ2n) is 0. The molecule has 0 aromatic heterocycles. The van der Waals surface area contributed by atoms with Gasteiger partial charge >= 0.3 is 96.2 Å². The van der Waals surface area contributed by atoms with Crippen molar-refractivity contribution in [3.8, 4) is 0 Å². The van der Waals surface area contributed by atoms with Gasteiger partial charge in [0.05, 0.1) is 0 Å². The van der Waals surface area contributed by atoms with Crippen LogP contribution in [0.1, 0.15) is 0 Å². The van der Waals surface area contributed by atoms with Crippen LogP contribution in [0.4, 0.5) is 0 Å². The van der Waals surface area contributed by atoms with Crippen molar-refractivity contribution in [1.82, 2.24) is 0 Å². The molecule has 0 aromatic carbocycles. The molecule has 0 aliphatic rings. The molecule has 0 rings (SSSR count). The zero-order valence-corrected chi connectivity index (χ0v) is 4.07. The van der Waals surface area contributed by atoms with Crippen molar-refractivity contribution in [1.29, 1.82) is 0 Å². The zero-order chi connectivity index (χ0) is 2.00. The Hall–Kier alpha value is 2.88. The van der Waals surface area contributed by atoms with Gasteiger partial charge in [-0.25, -0.2) is 0 Å². The van der Waals surface area contributed by atoms with E-state index < -0.39 is 0 Å². The molecule has 19 valence electrons. The van der Waals surface area contributed by atoms with Crippen LogP contribution >= 0.6 is 0 Å². The molecular weight excluding hydrogens is 359 g/mol. The van der Waals surface area contributed by atoms with Crippen LogP contribution in [0.15, 0.2) is 0 Å². The van der Waals surface area contributed by atoms with Gasteiger partial charge in [-0.1, -0.05) is 0 Å². The average molecular weight is 363 g/mol. The minimum absolute atomic E-state index is 0. The van der Waals surface area contributed by atoms with E-state index in [0.717, 1.165) is 0 Å². The van der Waals surface area contributed by atoms with Crippen LogP contribution in [0.5, 0.6) is 0 Å². The first-order valence-corrected chi connectivity index (χ1v) is 1.49. The molecule has 0 aliphatic heterocycles. The summed E-state index contributed by atoms with van der Waals surface area (Å²) in [4.78, 5) is 0. The van der Waals surface area contributed by atoms with Crippen molar-refractivity contribution >= 4 is 71.9 Å². The quantitative estimate of drug-likeness (QED) is 0.458. The fourth-order valence-electron chi connectivity index (χ4n) is 0. The predicted octanol–water partition coefficient (Wildman–Crippen LogP) is -1.95. The maximum absolute atomic E-state index is 8.36. The minimum atomic E-state index is 0. The number of rotatable bonds is 0. The first-order chi connectivity index (χ1) is 1.00. The molecule has 0 N–H and O–H groups in total. The van der Waals surface area contributed by atoms with E-state index in [2.05, 4.69) is 0 Å². The van der Waals surface area contributed by atoms with E-state index in [1.54, 1.807) is 0 Å². The summed E-state index contributed by atoms with van der Waals surface area (Å²) in [6.45, 7) is 0. The van der Waals surface area contributed by atoms with E-state index in [-0.39, 0.29) is 93.0 Å². The molecule has 0 fully saturated rings. The molecule has 4 heavy (non-hydrogen) atoms. The Bertz CT molecular complexity index is 8.00. The second-order valence-corrected chi connectivity index (χ2v) is 0. The summed E-state index contributed by atoms with van der Waals surface area (Å²) in [5, 5.41) is 0. The van der Waals surface area contributed by atoms with Crippen LogP contribution in [0, 0.1) is 0 Å². The van der Waals surface area contributed by atoms with Gasteiger partial charge in [-0.05, 0) is 0 Å². The van der Waals surface area contributed by atoms with E-state index in [1.165, 1.54) is 0 Å². The van der Waals surface area contributed by atoms with E-state index in [9.17, 15) is 0 Å². The zero-order valence-electron chi connectivity index (χ0n) is 0.855. The second kappa shape index (κ2) is 16.9. The van der Waals surface area contributed by atoms with Gasteiger partial charge in [-0.2, -0.15) is 0 Å². The average Bonchev–Trinajstić information content (AvgIpc) is 1.00. The fraction of sp³-hybridized carbons (Fsp3) is 0. The van der Waals surface area contributed by atoms with Gasteiger partial charge in [0.2, 0.25) is 0 Å². The molecular formula is H4BaMgOTa. The van der Waals surface area contributed by atoms with Crippen LogP contribution in [0.2, 0.25) is 0 Å². The Kier molecular flexibility index (Phi) is 66.7. The van der Waals surface area contributed by atoms with Gasteiger partial charge < -0.3 is 0 Å². The van der Waals surface area contributed by atoms with Crippen LogP contribution in [0.25, 0.3) is 0 Å². The van der Waals surface area contributed by atoms with E-state index in [0.29, 0.717) is 0 Å². The van der Waals surface area contributed by atoms with Gasteiger partial charge in [0, 0.05) is 0 Å². The van der Waals surface area contributed by atoms with Crippen molar-refractivity contribution in [3.63, 3.8) is 0 Å². The Morgan fingerprint density at radius 3 is 1.25 bits per heavy atom. The molecule has 0 radical (unpaired) electrons. The summed E-state index contributed by atoms with van der Waals surface area (Å²) >= 11 is 0.194.